The molecule has 0 fully saturated rings. The average molecular weight is 506 g/mol. The number of amides is 1. The van der Waals surface area contributed by atoms with E-state index in [0.717, 1.165) is 4.57 Å². The van der Waals surface area contributed by atoms with Crippen LogP contribution in [-0.2, 0) is 7.05 Å². The summed E-state index contributed by atoms with van der Waals surface area (Å²) >= 11 is 0. The van der Waals surface area contributed by atoms with Crippen LogP contribution in [0.15, 0.2) is 52.2 Å². The predicted molar refractivity (Wildman–Crippen MR) is 130 cm³/mol. The van der Waals surface area contributed by atoms with Crippen molar-refractivity contribution < 1.29 is 18.8 Å². The quantitative estimate of drug-likeness (QED) is 0.387. The summed E-state index contributed by atoms with van der Waals surface area (Å²) in [4.78, 5) is 30.1. The third kappa shape index (κ3) is 4.71. The van der Waals surface area contributed by atoms with Crippen molar-refractivity contribution in [2.75, 3.05) is 5.32 Å². The van der Waals surface area contributed by atoms with Crippen LogP contribution in [0.1, 0.15) is 71.7 Å². The monoisotopic (exact) mass is 505 g/mol. The van der Waals surface area contributed by atoms with Gasteiger partial charge in [0.25, 0.3) is 11.5 Å². The molecule has 4 aromatic rings. The molecule has 1 aromatic carbocycles. The van der Waals surface area contributed by atoms with Gasteiger partial charge in [0, 0.05) is 36.7 Å². The second kappa shape index (κ2) is 10.1. The van der Waals surface area contributed by atoms with Gasteiger partial charge in [-0.05, 0) is 25.5 Å². The molecule has 0 aliphatic rings. The van der Waals surface area contributed by atoms with E-state index >= 15 is 4.39 Å². The fourth-order valence-corrected chi connectivity index (χ4v) is 4.21. The van der Waals surface area contributed by atoms with Crippen LogP contribution in [-0.4, -0.2) is 35.5 Å². The molecule has 0 saturated carbocycles. The van der Waals surface area contributed by atoms with Gasteiger partial charge in [-0.2, -0.15) is 9.65 Å². The number of aromatic nitrogens is 5. The highest BCUT2D eigenvalue weighted by Crippen LogP contribution is 2.40. The molecule has 0 saturated heterocycles. The van der Waals surface area contributed by atoms with Gasteiger partial charge in [-0.1, -0.05) is 30.3 Å². The third-order valence-electron chi connectivity index (χ3n) is 6.11. The summed E-state index contributed by atoms with van der Waals surface area (Å²) in [6.45, 7) is 5.40. The van der Waals surface area contributed by atoms with Crippen molar-refractivity contribution in [1.29, 1.82) is 5.26 Å². The minimum Gasteiger partial charge on any atom is -0.501 e. The van der Waals surface area contributed by atoms with Crippen molar-refractivity contribution in [2.45, 2.75) is 38.6 Å². The molecule has 37 heavy (non-hydrogen) atoms. The highest BCUT2D eigenvalue weighted by atomic mass is 19.1. The molecule has 190 valence electrons. The normalized spacial score (nSPS) is 12.8. The molecule has 0 bridgehead atoms. The Hall–Kier alpha value is -4.79. The number of hydrogen-bond donors (Lipinski definition) is 2. The largest absolute Gasteiger partial charge is 0.501 e. The van der Waals surface area contributed by atoms with Crippen LogP contribution in [0.2, 0.25) is 0 Å². The molecule has 1 amide bonds. The first-order chi connectivity index (χ1) is 17.6. The summed E-state index contributed by atoms with van der Waals surface area (Å²) in [5.74, 6) is -3.89. The number of hydrogen-bond acceptors (Lipinski definition) is 8. The number of rotatable bonds is 7. The van der Waals surface area contributed by atoms with Crippen molar-refractivity contribution in [3.05, 3.63) is 87.4 Å². The summed E-state index contributed by atoms with van der Waals surface area (Å²) in [5.41, 5.74) is -0.176. The van der Waals surface area contributed by atoms with Gasteiger partial charge >= 0.3 is 0 Å². The highest BCUT2D eigenvalue weighted by molar-refractivity contribution is 6.04. The zero-order valence-electron chi connectivity index (χ0n) is 20.5. The third-order valence-corrected chi connectivity index (χ3v) is 6.11. The number of aromatic hydroxyl groups is 1. The van der Waals surface area contributed by atoms with Crippen LogP contribution in [0.5, 0.6) is 5.75 Å². The zero-order valence-corrected chi connectivity index (χ0v) is 20.5. The Bertz CT molecular complexity index is 1550. The molecule has 2 N–H and O–H groups in total. The number of nitriles is 1. The van der Waals surface area contributed by atoms with Gasteiger partial charge in [-0.3, -0.25) is 18.8 Å². The first-order valence-corrected chi connectivity index (χ1v) is 11.4. The molecule has 3 heterocycles. The number of nitrogens with zero attached hydrogens (tertiary/aromatic N) is 6. The van der Waals surface area contributed by atoms with Gasteiger partial charge in [-0.15, -0.1) is 5.10 Å². The molecule has 11 nitrogen and oxygen atoms in total. The van der Waals surface area contributed by atoms with Crippen LogP contribution in [0.25, 0.3) is 0 Å². The predicted octanol–water partition coefficient (Wildman–Crippen LogP) is 3.45. The van der Waals surface area contributed by atoms with E-state index in [1.165, 1.54) is 24.2 Å². The topological polar surface area (TPSA) is 152 Å². The lowest BCUT2D eigenvalue weighted by molar-refractivity contribution is 0.101. The molecule has 4 rings (SSSR count). The Morgan fingerprint density at radius 3 is 2.59 bits per heavy atom. The molecule has 0 aliphatic carbocycles. The Labute approximate surface area is 210 Å². The van der Waals surface area contributed by atoms with Crippen LogP contribution >= 0.6 is 0 Å². The molecule has 0 aliphatic heterocycles. The van der Waals surface area contributed by atoms with Crippen molar-refractivity contribution in [3.8, 4) is 11.8 Å². The SMILES string of the molecule is CC(C)n1cc([C@H](c2ccccc2C#N)[C@H](C)c2nc(C(=O)Nc3cnoc3)c(O)c(=O)n2C)c(F)n1. The van der Waals surface area contributed by atoms with E-state index in [-0.39, 0.29) is 23.1 Å². The molecule has 0 radical (unpaired) electrons. The fourth-order valence-electron chi connectivity index (χ4n) is 4.21. The molecular weight excluding hydrogens is 481 g/mol. The minimum atomic E-state index is -0.863. The number of anilines is 1. The summed E-state index contributed by atoms with van der Waals surface area (Å²) in [6, 6.07) is 8.73. The summed E-state index contributed by atoms with van der Waals surface area (Å²) in [7, 11) is 1.39. The Morgan fingerprint density at radius 1 is 1.24 bits per heavy atom. The first kappa shape index (κ1) is 25.3. The average Bonchev–Trinajstić information content (AvgIpc) is 3.53. The molecular formula is C25H24FN7O4. The van der Waals surface area contributed by atoms with E-state index < -0.39 is 40.7 Å². The maximum atomic E-state index is 15.3. The Kier molecular flexibility index (Phi) is 6.88. The van der Waals surface area contributed by atoms with Crippen LogP contribution in [0.4, 0.5) is 10.1 Å². The molecule has 2 atom stereocenters. The molecule has 12 heteroatoms. The van der Waals surface area contributed by atoms with Gasteiger partial charge in [0.05, 0.1) is 17.8 Å². The van der Waals surface area contributed by atoms with Gasteiger partial charge in [-0.25, -0.2) is 4.98 Å². The number of carbonyl (C=O) groups excluding carboxylic acids is 1. The smallest absolute Gasteiger partial charge is 0.296 e. The number of benzene rings is 1. The van der Waals surface area contributed by atoms with Crippen molar-refractivity contribution in [3.63, 3.8) is 0 Å². The fraction of sp³-hybridized carbons (Fsp3) is 0.280. The van der Waals surface area contributed by atoms with Crippen LogP contribution in [0.3, 0.4) is 0 Å². The lowest BCUT2D eigenvalue weighted by Gasteiger charge is -2.26. The summed E-state index contributed by atoms with van der Waals surface area (Å²) in [5, 5.41) is 30.1. The zero-order chi connectivity index (χ0) is 26.9. The molecule has 0 unspecified atom stereocenters. The molecule has 3 aromatic heterocycles. The van der Waals surface area contributed by atoms with Crippen molar-refractivity contribution in [2.24, 2.45) is 7.05 Å². The van der Waals surface area contributed by atoms with E-state index in [2.05, 4.69) is 31.1 Å². The second-order valence-corrected chi connectivity index (χ2v) is 8.81. The van der Waals surface area contributed by atoms with E-state index in [1.54, 1.807) is 37.4 Å². The van der Waals surface area contributed by atoms with Gasteiger partial charge in [0.2, 0.25) is 11.7 Å². The van der Waals surface area contributed by atoms with Gasteiger partial charge in [0.1, 0.15) is 17.8 Å². The standard InChI is InChI=1S/C25H24FN7O4/c1-13(2)33-11-18(22(26)31-33)19(17-8-6-5-7-15(17)9-27)14(3)23-30-20(21(34)25(36)32(23)4)24(35)29-16-10-28-37-12-16/h5-8,10-14,19,34H,1-4H3,(H,29,35)/t14-,19-/m0/s1. The van der Waals surface area contributed by atoms with Crippen molar-refractivity contribution >= 4 is 11.6 Å². The summed E-state index contributed by atoms with van der Waals surface area (Å²) < 4.78 is 22.5. The number of nitrogens with one attached hydrogen (secondary N) is 1. The van der Waals surface area contributed by atoms with Gasteiger partial charge < -0.3 is 14.9 Å². The van der Waals surface area contributed by atoms with E-state index in [0.29, 0.717) is 11.1 Å². The van der Waals surface area contributed by atoms with Crippen molar-refractivity contribution in [1.82, 2.24) is 24.5 Å². The first-order valence-electron chi connectivity index (χ1n) is 11.4. The van der Waals surface area contributed by atoms with E-state index in [4.69, 9.17) is 0 Å². The number of carbonyl (C=O) groups is 1. The van der Waals surface area contributed by atoms with E-state index in [1.807, 2.05) is 13.8 Å². The Morgan fingerprint density at radius 2 is 1.97 bits per heavy atom. The maximum absolute atomic E-state index is 15.3. The molecule has 0 spiro atoms. The lowest BCUT2D eigenvalue weighted by atomic mass is 9.80. The summed E-state index contributed by atoms with van der Waals surface area (Å²) in [6.07, 6.45) is 3.97. The van der Waals surface area contributed by atoms with Crippen LogP contribution in [0, 0.1) is 17.3 Å². The second-order valence-electron chi connectivity index (χ2n) is 8.81. The highest BCUT2D eigenvalue weighted by Gasteiger charge is 2.33. The Balaban J connectivity index is 1.90. The number of halogens is 1. The maximum Gasteiger partial charge on any atom is 0.296 e. The lowest BCUT2D eigenvalue weighted by Crippen LogP contribution is -2.29. The van der Waals surface area contributed by atoms with E-state index in [9.17, 15) is 20.0 Å². The minimum absolute atomic E-state index is 0.0905. The van der Waals surface area contributed by atoms with Crippen LogP contribution < -0.4 is 10.9 Å². The van der Waals surface area contributed by atoms with Gasteiger partial charge in [0.15, 0.2) is 5.69 Å².